The molecule has 1 aliphatic rings. The van der Waals surface area contributed by atoms with Gasteiger partial charge in [-0.05, 0) is 30.3 Å². The van der Waals surface area contributed by atoms with Crippen molar-refractivity contribution < 1.29 is 13.2 Å². The van der Waals surface area contributed by atoms with Gasteiger partial charge in [0.2, 0.25) is 0 Å². The number of alkyl halides is 3. The summed E-state index contributed by atoms with van der Waals surface area (Å²) in [5.41, 5.74) is 1.96. The van der Waals surface area contributed by atoms with Crippen molar-refractivity contribution >= 4 is 11.3 Å². The highest BCUT2D eigenvalue weighted by Crippen LogP contribution is 2.31. The van der Waals surface area contributed by atoms with Crippen LogP contribution in [0.25, 0.3) is 5.65 Å². The summed E-state index contributed by atoms with van der Waals surface area (Å²) in [5, 5.41) is 0. The first-order valence-corrected chi connectivity index (χ1v) is 8.56. The minimum Gasteiger partial charge on any atom is -0.369 e. The molecule has 4 nitrogen and oxygen atoms in total. The molecule has 0 amide bonds. The standard InChI is InChI=1S/C19H19F3N4/c20-19(21,22)15-4-3-5-17(12-15)25-10-8-24(9-11-25)13-16-14-26-7-2-1-6-18(26)23-16/h1-7,12,14H,8-11,13H2. The van der Waals surface area contributed by atoms with Crippen molar-refractivity contribution in [1.29, 1.82) is 0 Å². The Labute approximate surface area is 149 Å². The topological polar surface area (TPSA) is 23.8 Å². The maximum atomic E-state index is 12.9. The summed E-state index contributed by atoms with van der Waals surface area (Å²) in [6.45, 7) is 3.75. The molecule has 2 aromatic heterocycles. The zero-order valence-electron chi connectivity index (χ0n) is 14.2. The van der Waals surface area contributed by atoms with E-state index in [9.17, 15) is 13.2 Å². The van der Waals surface area contributed by atoms with E-state index < -0.39 is 11.7 Å². The Morgan fingerprint density at radius 2 is 1.77 bits per heavy atom. The molecule has 1 aliphatic heterocycles. The summed E-state index contributed by atoms with van der Waals surface area (Å²) in [7, 11) is 0. The molecule has 3 aromatic rings. The van der Waals surface area contributed by atoms with E-state index in [0.717, 1.165) is 37.0 Å². The second-order valence-corrected chi connectivity index (χ2v) is 6.51. The van der Waals surface area contributed by atoms with Gasteiger partial charge in [-0.2, -0.15) is 13.2 Å². The Morgan fingerprint density at radius 3 is 2.50 bits per heavy atom. The second kappa shape index (κ2) is 6.64. The lowest BCUT2D eigenvalue weighted by molar-refractivity contribution is -0.137. The summed E-state index contributed by atoms with van der Waals surface area (Å²) in [6.07, 6.45) is -0.313. The van der Waals surface area contributed by atoms with Crippen molar-refractivity contribution in [2.24, 2.45) is 0 Å². The normalized spacial score (nSPS) is 16.3. The van der Waals surface area contributed by atoms with Crippen molar-refractivity contribution in [3.05, 3.63) is 66.1 Å². The minimum atomic E-state index is -4.30. The highest BCUT2D eigenvalue weighted by molar-refractivity contribution is 5.49. The molecular formula is C19H19F3N4. The molecule has 3 heterocycles. The second-order valence-electron chi connectivity index (χ2n) is 6.51. The van der Waals surface area contributed by atoms with E-state index >= 15 is 0 Å². The van der Waals surface area contributed by atoms with Crippen LogP contribution in [0.1, 0.15) is 11.3 Å². The number of nitrogens with zero attached hydrogens (tertiary/aromatic N) is 4. The fraction of sp³-hybridized carbons (Fsp3) is 0.316. The molecule has 0 saturated carbocycles. The first kappa shape index (κ1) is 16.9. The number of piperazine rings is 1. The number of benzene rings is 1. The third-order valence-electron chi connectivity index (χ3n) is 4.71. The number of rotatable bonds is 3. The summed E-state index contributed by atoms with van der Waals surface area (Å²) in [6, 6.07) is 11.5. The molecule has 26 heavy (non-hydrogen) atoms. The van der Waals surface area contributed by atoms with Crippen molar-refractivity contribution in [3.63, 3.8) is 0 Å². The number of fused-ring (bicyclic) bond motifs is 1. The minimum absolute atomic E-state index is 0.595. The van der Waals surface area contributed by atoms with Gasteiger partial charge in [-0.1, -0.05) is 12.1 Å². The zero-order chi connectivity index (χ0) is 18.1. The van der Waals surface area contributed by atoms with E-state index in [-0.39, 0.29) is 0 Å². The molecule has 0 N–H and O–H groups in total. The molecule has 7 heteroatoms. The fourth-order valence-electron chi connectivity index (χ4n) is 3.34. The Morgan fingerprint density at radius 1 is 0.962 bits per heavy atom. The van der Waals surface area contributed by atoms with E-state index in [1.165, 1.54) is 12.1 Å². The number of imidazole rings is 1. The maximum absolute atomic E-state index is 12.9. The number of hydrogen-bond acceptors (Lipinski definition) is 3. The van der Waals surface area contributed by atoms with Crippen LogP contribution >= 0.6 is 0 Å². The van der Waals surface area contributed by atoms with E-state index in [1.807, 2.05) is 39.9 Å². The van der Waals surface area contributed by atoms with Crippen LogP contribution in [0.15, 0.2) is 54.9 Å². The van der Waals surface area contributed by atoms with Gasteiger partial charge in [-0.25, -0.2) is 4.98 Å². The molecule has 0 atom stereocenters. The van der Waals surface area contributed by atoms with Gasteiger partial charge in [0, 0.05) is 50.8 Å². The highest BCUT2D eigenvalue weighted by Gasteiger charge is 2.31. The number of anilines is 1. The molecule has 1 aromatic carbocycles. The van der Waals surface area contributed by atoms with Crippen molar-refractivity contribution in [2.75, 3.05) is 31.1 Å². The monoisotopic (exact) mass is 360 g/mol. The van der Waals surface area contributed by atoms with Gasteiger partial charge in [-0.15, -0.1) is 0 Å². The average Bonchev–Trinajstić information content (AvgIpc) is 3.04. The molecule has 1 saturated heterocycles. The fourth-order valence-corrected chi connectivity index (χ4v) is 3.34. The van der Waals surface area contributed by atoms with Gasteiger partial charge in [0.1, 0.15) is 5.65 Å². The molecular weight excluding hydrogens is 341 g/mol. The molecule has 4 rings (SSSR count). The predicted molar refractivity (Wildman–Crippen MR) is 94.1 cm³/mol. The van der Waals surface area contributed by atoms with Gasteiger partial charge in [0.15, 0.2) is 0 Å². The maximum Gasteiger partial charge on any atom is 0.416 e. The quantitative estimate of drug-likeness (QED) is 0.712. The first-order valence-electron chi connectivity index (χ1n) is 8.56. The van der Waals surface area contributed by atoms with Crippen LogP contribution in [-0.4, -0.2) is 40.5 Å². The Hall–Kier alpha value is -2.54. The van der Waals surface area contributed by atoms with Crippen LogP contribution in [0.3, 0.4) is 0 Å². The lowest BCUT2D eigenvalue weighted by Crippen LogP contribution is -2.46. The van der Waals surface area contributed by atoms with Crippen molar-refractivity contribution in [3.8, 4) is 0 Å². The van der Waals surface area contributed by atoms with Crippen molar-refractivity contribution in [1.82, 2.24) is 14.3 Å². The lowest BCUT2D eigenvalue weighted by atomic mass is 10.1. The van der Waals surface area contributed by atoms with E-state index in [0.29, 0.717) is 18.8 Å². The zero-order valence-corrected chi connectivity index (χ0v) is 14.2. The van der Waals surface area contributed by atoms with Crippen LogP contribution in [0.5, 0.6) is 0 Å². The summed E-state index contributed by atoms with van der Waals surface area (Å²) >= 11 is 0. The summed E-state index contributed by atoms with van der Waals surface area (Å²) < 4.78 is 40.7. The molecule has 0 spiro atoms. The number of hydrogen-bond donors (Lipinski definition) is 0. The number of halogens is 3. The predicted octanol–water partition coefficient (Wildman–Crippen LogP) is 3.68. The largest absolute Gasteiger partial charge is 0.416 e. The van der Waals surface area contributed by atoms with Gasteiger partial charge < -0.3 is 9.30 Å². The van der Waals surface area contributed by atoms with E-state index in [2.05, 4.69) is 9.88 Å². The van der Waals surface area contributed by atoms with Gasteiger partial charge in [0.25, 0.3) is 0 Å². The van der Waals surface area contributed by atoms with E-state index in [4.69, 9.17) is 0 Å². The third kappa shape index (κ3) is 3.53. The Bertz CT molecular complexity index is 862. The van der Waals surface area contributed by atoms with Gasteiger partial charge in [0.05, 0.1) is 11.3 Å². The average molecular weight is 360 g/mol. The molecule has 136 valence electrons. The Balaban J connectivity index is 1.39. The first-order chi connectivity index (χ1) is 12.5. The third-order valence-corrected chi connectivity index (χ3v) is 4.71. The molecule has 0 unspecified atom stereocenters. The Kier molecular flexibility index (Phi) is 4.32. The lowest BCUT2D eigenvalue weighted by Gasteiger charge is -2.36. The molecule has 0 bridgehead atoms. The van der Waals surface area contributed by atoms with Crippen LogP contribution < -0.4 is 4.90 Å². The summed E-state index contributed by atoms with van der Waals surface area (Å²) in [4.78, 5) is 8.90. The summed E-state index contributed by atoms with van der Waals surface area (Å²) in [5.74, 6) is 0. The molecule has 1 fully saturated rings. The molecule has 0 radical (unpaired) electrons. The SMILES string of the molecule is FC(F)(F)c1cccc(N2CCN(Cc3cn4ccccc4n3)CC2)c1. The number of pyridine rings is 1. The van der Waals surface area contributed by atoms with E-state index in [1.54, 1.807) is 6.07 Å². The smallest absolute Gasteiger partial charge is 0.369 e. The van der Waals surface area contributed by atoms with Crippen molar-refractivity contribution in [2.45, 2.75) is 12.7 Å². The van der Waals surface area contributed by atoms with Crippen LogP contribution in [0.4, 0.5) is 18.9 Å². The van der Waals surface area contributed by atoms with Crippen LogP contribution in [-0.2, 0) is 12.7 Å². The van der Waals surface area contributed by atoms with Crippen LogP contribution in [0, 0.1) is 0 Å². The van der Waals surface area contributed by atoms with Gasteiger partial charge >= 0.3 is 6.18 Å². The highest BCUT2D eigenvalue weighted by atomic mass is 19.4. The number of aromatic nitrogens is 2. The van der Waals surface area contributed by atoms with Gasteiger partial charge in [-0.3, -0.25) is 4.90 Å². The molecule has 0 aliphatic carbocycles. The van der Waals surface area contributed by atoms with Crippen LogP contribution in [0.2, 0.25) is 0 Å².